The molecule has 0 radical (unpaired) electrons. The van der Waals surface area contributed by atoms with E-state index in [1.807, 2.05) is 13.0 Å². The first-order chi connectivity index (χ1) is 5.83. The van der Waals surface area contributed by atoms with Gasteiger partial charge < -0.3 is 0 Å². The van der Waals surface area contributed by atoms with Gasteiger partial charge in [-0.05, 0) is 0 Å². The summed E-state index contributed by atoms with van der Waals surface area (Å²) in [6, 6.07) is 1.93. The van der Waals surface area contributed by atoms with Crippen molar-refractivity contribution in [1.82, 2.24) is 0 Å². The first-order valence-electron chi connectivity index (χ1n) is 2.45. The molecule has 0 bridgehead atoms. The molecular weight excluding hydrogens is 307 g/mol. The lowest BCUT2D eigenvalue weighted by Gasteiger charge is -1.47. The Bertz CT molecular complexity index is 326. The first kappa shape index (κ1) is 15.7. The van der Waals surface area contributed by atoms with E-state index in [2.05, 4.69) is 22.4 Å². The third-order valence-electron chi connectivity index (χ3n) is 0.297. The standard InChI is InChI=1S/C3H5N.S8/c1-2-3-4;1-3-5-7-8-6-4-2/h2H2,1H3;. The van der Waals surface area contributed by atoms with Crippen LogP contribution in [0, 0.1) is 11.3 Å². The van der Waals surface area contributed by atoms with Gasteiger partial charge in [0.1, 0.15) is 0 Å². The number of hydrogen-bond donors (Lipinski definition) is 0. The van der Waals surface area contributed by atoms with E-state index in [1.165, 1.54) is 17.8 Å². The van der Waals surface area contributed by atoms with E-state index in [9.17, 15) is 0 Å². The van der Waals surface area contributed by atoms with Crippen molar-refractivity contribution in [2.75, 3.05) is 0 Å². The molecular formula is C3H5NS8. The van der Waals surface area contributed by atoms with Gasteiger partial charge in [0.15, 0.2) is 0 Å². The molecule has 0 aromatic rings. The average molecular weight is 312 g/mol. The van der Waals surface area contributed by atoms with Crippen molar-refractivity contribution in [3.8, 4) is 6.07 Å². The van der Waals surface area contributed by atoms with E-state index in [4.69, 9.17) is 5.26 Å². The summed E-state index contributed by atoms with van der Waals surface area (Å²) in [5.74, 6) is 0. The minimum Gasteiger partial charge on any atom is -0.198 e. The number of nitrogens with zero attached hydrogens (tertiary/aromatic N) is 1. The molecule has 0 aromatic carbocycles. The van der Waals surface area contributed by atoms with Gasteiger partial charge in [0.05, 0.1) is 6.07 Å². The molecule has 0 saturated carbocycles. The van der Waals surface area contributed by atoms with Gasteiger partial charge in [0.25, 0.3) is 0 Å². The second kappa shape index (κ2) is 18.1. The summed E-state index contributed by atoms with van der Waals surface area (Å²) in [4.78, 5) is 0. The van der Waals surface area contributed by atoms with E-state index in [-0.39, 0.29) is 0 Å². The molecule has 9 heteroatoms. The zero-order valence-electron chi connectivity index (χ0n) is 5.92. The molecule has 0 unspecified atom stereocenters. The van der Waals surface area contributed by atoms with Crippen LogP contribution in [0.2, 0.25) is 0 Å². The van der Waals surface area contributed by atoms with Crippen LogP contribution >= 0.6 is 0 Å². The van der Waals surface area contributed by atoms with Crippen LogP contribution in [0.5, 0.6) is 0 Å². The molecule has 0 rings (SSSR count). The highest BCUT2D eigenvalue weighted by Gasteiger charge is 1.49. The number of rotatable bonds is 0. The van der Waals surface area contributed by atoms with Gasteiger partial charge in [-0.25, -0.2) is 0 Å². The minimum atomic E-state index is 0.625. The van der Waals surface area contributed by atoms with Crippen molar-refractivity contribution >= 4 is 75.7 Å². The maximum absolute atomic E-state index is 7.62. The Labute approximate surface area is 99.1 Å². The fourth-order valence-electron chi connectivity index (χ4n) is 0.0454. The Morgan fingerprint density at radius 2 is 1.42 bits per heavy atom. The van der Waals surface area contributed by atoms with E-state index < -0.39 is 0 Å². The van der Waals surface area contributed by atoms with Gasteiger partial charge in [-0.2, -0.15) is 5.26 Å². The molecule has 0 heterocycles. The van der Waals surface area contributed by atoms with Gasteiger partial charge in [-0.15, -0.1) is 0 Å². The second-order valence-corrected chi connectivity index (χ2v) is 11.5. The number of hydrogen-bond acceptors (Lipinski definition) is 3. The lowest BCUT2D eigenvalue weighted by atomic mass is 10.6. The summed E-state index contributed by atoms with van der Waals surface area (Å²) in [7, 11) is 9.12. The molecule has 0 N–H and O–H groups in total. The maximum Gasteiger partial charge on any atom is 0.0618 e. The predicted molar refractivity (Wildman–Crippen MR) is 74.8 cm³/mol. The van der Waals surface area contributed by atoms with Gasteiger partial charge in [-0.3, -0.25) is 0 Å². The molecule has 0 amide bonds. The summed E-state index contributed by atoms with van der Waals surface area (Å²) in [5, 5.41) is 7.62. The monoisotopic (exact) mass is 311 g/mol. The van der Waals surface area contributed by atoms with Gasteiger partial charge >= 0.3 is 0 Å². The molecule has 1 nitrogen and oxygen atoms in total. The Morgan fingerprint density at radius 3 is 1.58 bits per heavy atom. The molecule has 0 aliphatic carbocycles. The van der Waals surface area contributed by atoms with E-state index in [1.54, 1.807) is 35.5 Å². The fourth-order valence-corrected chi connectivity index (χ4v) is 11.0. The normalized spacial score (nSPS) is 6.00. The SMILES string of the molecule is CCC#N.S=S=S=S=S=S=S=S. The Balaban J connectivity index is 0. The highest BCUT2D eigenvalue weighted by molar-refractivity contribution is 8.70. The van der Waals surface area contributed by atoms with Crippen LogP contribution in [-0.2, 0) is 75.7 Å². The lowest BCUT2D eigenvalue weighted by molar-refractivity contribution is 1.22. The van der Waals surface area contributed by atoms with E-state index >= 15 is 0 Å². The molecule has 0 aromatic heterocycles. The number of nitriles is 1. The van der Waals surface area contributed by atoms with Crippen LogP contribution in [-0.4, -0.2) is 0 Å². The maximum atomic E-state index is 7.62. The van der Waals surface area contributed by atoms with Gasteiger partial charge in [0, 0.05) is 82.1 Å². The first-order valence-corrected chi connectivity index (χ1v) is 11.8. The summed E-state index contributed by atoms with van der Waals surface area (Å²) in [6.45, 7) is 1.82. The Kier molecular flexibility index (Phi) is 23.7. The van der Waals surface area contributed by atoms with E-state index in [0.717, 1.165) is 0 Å². The third-order valence-corrected chi connectivity index (χ3v) is 11.4. The van der Waals surface area contributed by atoms with Crippen molar-refractivity contribution in [1.29, 1.82) is 5.26 Å². The highest BCUT2D eigenvalue weighted by Crippen LogP contribution is 1.58. The van der Waals surface area contributed by atoms with Crippen molar-refractivity contribution in [2.24, 2.45) is 0 Å². The predicted octanol–water partition coefficient (Wildman–Crippen LogP) is 0.901. The highest BCUT2D eigenvalue weighted by atomic mass is 33.4. The molecule has 0 atom stereocenters. The topological polar surface area (TPSA) is 23.8 Å². The quantitative estimate of drug-likeness (QED) is 0.664. The zero-order chi connectivity index (χ0) is 9.66. The van der Waals surface area contributed by atoms with Gasteiger partial charge in [0.2, 0.25) is 0 Å². The second-order valence-electron chi connectivity index (χ2n) is 0.920. The van der Waals surface area contributed by atoms with Gasteiger partial charge in [-0.1, -0.05) is 6.92 Å². The third kappa shape index (κ3) is 22.5. The van der Waals surface area contributed by atoms with Crippen molar-refractivity contribution in [3.05, 3.63) is 0 Å². The largest absolute Gasteiger partial charge is 0.198 e. The Morgan fingerprint density at radius 1 is 1.08 bits per heavy atom. The van der Waals surface area contributed by atoms with Crippen LogP contribution in [0.3, 0.4) is 0 Å². The molecule has 12 heavy (non-hydrogen) atoms. The lowest BCUT2D eigenvalue weighted by Crippen LogP contribution is -1.38. The van der Waals surface area contributed by atoms with E-state index in [0.29, 0.717) is 6.42 Å². The minimum absolute atomic E-state index is 0.625. The van der Waals surface area contributed by atoms with Crippen molar-refractivity contribution in [3.63, 3.8) is 0 Å². The van der Waals surface area contributed by atoms with Crippen molar-refractivity contribution < 1.29 is 0 Å². The Hall–Kier alpha value is 1.25. The average Bonchev–Trinajstić information content (AvgIpc) is 2.13. The molecule has 0 aliphatic rings. The van der Waals surface area contributed by atoms with Crippen LogP contribution in [0.25, 0.3) is 0 Å². The molecule has 0 fully saturated rings. The van der Waals surface area contributed by atoms with Crippen LogP contribution < -0.4 is 0 Å². The summed E-state index contributed by atoms with van der Waals surface area (Å²) < 4.78 is 0. The summed E-state index contributed by atoms with van der Waals surface area (Å²) in [5.41, 5.74) is 0. The molecule has 0 saturated heterocycles. The summed E-state index contributed by atoms with van der Waals surface area (Å²) >= 11 is 9.21. The zero-order valence-corrected chi connectivity index (χ0v) is 12.5. The molecule has 70 valence electrons. The van der Waals surface area contributed by atoms with Crippen LogP contribution in [0.1, 0.15) is 13.3 Å². The fraction of sp³-hybridized carbons (Fsp3) is 0.667. The van der Waals surface area contributed by atoms with Crippen molar-refractivity contribution in [2.45, 2.75) is 13.3 Å². The van der Waals surface area contributed by atoms with Crippen LogP contribution in [0.15, 0.2) is 0 Å². The van der Waals surface area contributed by atoms with Crippen LogP contribution in [0.4, 0.5) is 0 Å². The smallest absolute Gasteiger partial charge is 0.0618 e. The summed E-state index contributed by atoms with van der Waals surface area (Å²) in [6.07, 6.45) is 0.625. The molecule has 0 spiro atoms. The molecule has 0 aliphatic heterocycles.